The van der Waals surface area contributed by atoms with E-state index in [0.29, 0.717) is 18.7 Å². The number of nitrogens with zero attached hydrogens (tertiary/aromatic N) is 1. The topological polar surface area (TPSA) is 65.2 Å². The number of benzene rings is 2. The number of carbonyl (C=O) groups excluding carboxylic acids is 2. The van der Waals surface area contributed by atoms with Gasteiger partial charge in [-0.25, -0.2) is 0 Å². The average molecular weight is 389 g/mol. The van der Waals surface area contributed by atoms with Crippen LogP contribution in [0.4, 0.5) is 0 Å². The molecule has 1 aliphatic rings. The molecule has 0 bridgehead atoms. The molecule has 1 aliphatic heterocycles. The number of para-hydroxylation sites is 1. The number of amides is 2. The van der Waals surface area contributed by atoms with E-state index in [1.807, 2.05) is 48.7 Å². The van der Waals surface area contributed by atoms with E-state index >= 15 is 0 Å². The minimum absolute atomic E-state index is 0.0627. The van der Waals surface area contributed by atoms with Crippen molar-refractivity contribution in [3.05, 3.63) is 71.4 Å². The molecule has 0 spiro atoms. The molecule has 0 radical (unpaired) electrons. The zero-order chi connectivity index (χ0) is 20.6. The molecule has 3 aromatic rings. The molecule has 29 heavy (non-hydrogen) atoms. The van der Waals surface area contributed by atoms with Crippen molar-refractivity contribution in [1.29, 1.82) is 0 Å². The van der Waals surface area contributed by atoms with Crippen LogP contribution in [0.5, 0.6) is 0 Å². The largest absolute Gasteiger partial charge is 0.361 e. The standard InChI is InChI=1S/C24H27N3O2/c1-24(2,3)15-27-21(18-9-4-5-10-19(18)23(27)29)22(28)25-13-12-16-14-26-20-11-7-6-8-17(16)20/h4-11,14,21,26H,12-13,15H2,1-3H3,(H,25,28). The van der Waals surface area contributed by atoms with Crippen LogP contribution in [0.3, 0.4) is 0 Å². The minimum atomic E-state index is -0.569. The molecule has 0 fully saturated rings. The first-order valence-electron chi connectivity index (χ1n) is 10.1. The van der Waals surface area contributed by atoms with Gasteiger partial charge in [-0.15, -0.1) is 0 Å². The van der Waals surface area contributed by atoms with Crippen molar-refractivity contribution < 1.29 is 9.59 Å². The first kappa shape index (κ1) is 19.2. The highest BCUT2D eigenvalue weighted by molar-refractivity contribution is 6.04. The van der Waals surface area contributed by atoms with Gasteiger partial charge in [0, 0.05) is 35.8 Å². The van der Waals surface area contributed by atoms with Crippen molar-refractivity contribution in [3.8, 4) is 0 Å². The molecule has 2 aromatic carbocycles. The van der Waals surface area contributed by atoms with Crippen molar-refractivity contribution in [2.24, 2.45) is 5.41 Å². The van der Waals surface area contributed by atoms with Crippen LogP contribution in [-0.4, -0.2) is 34.8 Å². The number of aromatic nitrogens is 1. The Bertz CT molecular complexity index is 1060. The predicted molar refractivity (Wildman–Crippen MR) is 115 cm³/mol. The van der Waals surface area contributed by atoms with Crippen LogP contribution < -0.4 is 5.32 Å². The maximum atomic E-state index is 13.1. The second-order valence-corrected chi connectivity index (χ2v) is 8.88. The van der Waals surface area contributed by atoms with Crippen molar-refractivity contribution >= 4 is 22.7 Å². The molecule has 2 heterocycles. The maximum absolute atomic E-state index is 13.1. The molecule has 150 valence electrons. The summed E-state index contributed by atoms with van der Waals surface area (Å²) in [5.74, 6) is -0.181. The summed E-state index contributed by atoms with van der Waals surface area (Å²) >= 11 is 0. The Morgan fingerprint density at radius 1 is 1.10 bits per heavy atom. The zero-order valence-electron chi connectivity index (χ0n) is 17.2. The quantitative estimate of drug-likeness (QED) is 0.691. The van der Waals surface area contributed by atoms with Crippen LogP contribution >= 0.6 is 0 Å². The van der Waals surface area contributed by atoms with Gasteiger partial charge in [0.15, 0.2) is 0 Å². The second kappa shape index (κ2) is 7.39. The highest BCUT2D eigenvalue weighted by Crippen LogP contribution is 2.36. The van der Waals surface area contributed by atoms with E-state index in [-0.39, 0.29) is 17.2 Å². The van der Waals surface area contributed by atoms with Gasteiger partial charge >= 0.3 is 0 Å². The van der Waals surface area contributed by atoms with Crippen LogP contribution in [0.1, 0.15) is 48.3 Å². The molecular formula is C24H27N3O2. The molecule has 5 heteroatoms. The number of hydrogen-bond acceptors (Lipinski definition) is 2. The van der Waals surface area contributed by atoms with Crippen LogP contribution in [0.25, 0.3) is 10.9 Å². The van der Waals surface area contributed by atoms with Crippen LogP contribution in [0, 0.1) is 5.41 Å². The summed E-state index contributed by atoms with van der Waals surface area (Å²) in [6.07, 6.45) is 2.73. The zero-order valence-corrected chi connectivity index (χ0v) is 17.2. The van der Waals surface area contributed by atoms with E-state index in [4.69, 9.17) is 0 Å². The Morgan fingerprint density at radius 3 is 2.62 bits per heavy atom. The third-order valence-corrected chi connectivity index (χ3v) is 5.32. The number of hydrogen-bond donors (Lipinski definition) is 2. The van der Waals surface area contributed by atoms with E-state index in [1.165, 1.54) is 10.9 Å². The Kier molecular flexibility index (Phi) is 4.91. The van der Waals surface area contributed by atoms with Crippen molar-refractivity contribution in [1.82, 2.24) is 15.2 Å². The smallest absolute Gasteiger partial charge is 0.255 e. The fourth-order valence-corrected chi connectivity index (χ4v) is 4.08. The Hall–Kier alpha value is -3.08. The van der Waals surface area contributed by atoms with Gasteiger partial charge in [0.25, 0.3) is 5.91 Å². The lowest BCUT2D eigenvalue weighted by atomic mass is 9.95. The van der Waals surface area contributed by atoms with Crippen LogP contribution in [-0.2, 0) is 11.2 Å². The van der Waals surface area contributed by atoms with Gasteiger partial charge in [-0.3, -0.25) is 9.59 Å². The third kappa shape index (κ3) is 3.77. The molecular weight excluding hydrogens is 362 g/mol. The summed E-state index contributed by atoms with van der Waals surface area (Å²) in [6.45, 7) is 7.29. The number of nitrogens with one attached hydrogen (secondary N) is 2. The second-order valence-electron chi connectivity index (χ2n) is 8.88. The van der Waals surface area contributed by atoms with Crippen molar-refractivity contribution in [2.75, 3.05) is 13.1 Å². The minimum Gasteiger partial charge on any atom is -0.361 e. The normalized spacial score (nSPS) is 16.3. The summed E-state index contributed by atoms with van der Waals surface area (Å²) in [7, 11) is 0. The van der Waals surface area contributed by atoms with E-state index in [0.717, 1.165) is 17.5 Å². The van der Waals surface area contributed by atoms with Gasteiger partial charge in [-0.05, 0) is 35.1 Å². The van der Waals surface area contributed by atoms with Gasteiger partial charge in [0.05, 0.1) is 0 Å². The fraction of sp³-hybridized carbons (Fsp3) is 0.333. The first-order chi connectivity index (χ1) is 13.8. The van der Waals surface area contributed by atoms with Gasteiger partial charge < -0.3 is 15.2 Å². The molecule has 4 rings (SSSR count). The van der Waals surface area contributed by atoms with Crippen molar-refractivity contribution in [2.45, 2.75) is 33.2 Å². The Morgan fingerprint density at radius 2 is 1.83 bits per heavy atom. The molecule has 0 aliphatic carbocycles. The molecule has 0 saturated heterocycles. The molecule has 0 saturated carbocycles. The van der Waals surface area contributed by atoms with Gasteiger partial charge in [0.2, 0.25) is 5.91 Å². The number of carbonyl (C=O) groups is 2. The van der Waals surface area contributed by atoms with Gasteiger partial charge in [0.1, 0.15) is 6.04 Å². The van der Waals surface area contributed by atoms with Gasteiger partial charge in [-0.1, -0.05) is 57.2 Å². The number of H-pyrrole nitrogens is 1. The predicted octanol–water partition coefficient (Wildman–Crippen LogP) is 4.07. The van der Waals surface area contributed by atoms with E-state index in [2.05, 4.69) is 37.1 Å². The van der Waals surface area contributed by atoms with Crippen molar-refractivity contribution in [3.63, 3.8) is 0 Å². The highest BCUT2D eigenvalue weighted by Gasteiger charge is 2.42. The summed E-state index contributed by atoms with van der Waals surface area (Å²) in [6, 6.07) is 15.0. The molecule has 1 unspecified atom stereocenters. The molecule has 2 amide bonds. The Balaban J connectivity index is 1.50. The van der Waals surface area contributed by atoms with E-state index in [1.54, 1.807) is 4.90 Å². The van der Waals surface area contributed by atoms with E-state index < -0.39 is 6.04 Å². The molecule has 5 nitrogen and oxygen atoms in total. The summed E-state index contributed by atoms with van der Waals surface area (Å²) < 4.78 is 0. The van der Waals surface area contributed by atoms with E-state index in [9.17, 15) is 9.59 Å². The molecule has 2 N–H and O–H groups in total. The maximum Gasteiger partial charge on any atom is 0.255 e. The SMILES string of the molecule is CC(C)(C)CN1C(=O)c2ccccc2C1C(=O)NCCc1c[nH]c2ccccc12. The number of fused-ring (bicyclic) bond motifs is 2. The lowest BCUT2D eigenvalue weighted by Gasteiger charge is -2.31. The molecule has 1 atom stereocenters. The third-order valence-electron chi connectivity index (χ3n) is 5.32. The van der Waals surface area contributed by atoms with Gasteiger partial charge in [-0.2, -0.15) is 0 Å². The van der Waals surface area contributed by atoms with Crippen LogP contribution in [0.2, 0.25) is 0 Å². The lowest BCUT2D eigenvalue weighted by molar-refractivity contribution is -0.125. The number of aromatic amines is 1. The lowest BCUT2D eigenvalue weighted by Crippen LogP contribution is -2.43. The first-order valence-corrected chi connectivity index (χ1v) is 10.1. The summed E-state index contributed by atoms with van der Waals surface area (Å²) in [4.78, 5) is 31.0. The highest BCUT2D eigenvalue weighted by atomic mass is 16.2. The number of rotatable bonds is 5. The average Bonchev–Trinajstić information content (AvgIpc) is 3.21. The summed E-state index contributed by atoms with van der Waals surface area (Å²) in [5.41, 5.74) is 3.61. The van der Waals surface area contributed by atoms with Crippen LogP contribution in [0.15, 0.2) is 54.7 Å². The fourth-order valence-electron chi connectivity index (χ4n) is 4.08. The Labute approximate surface area is 171 Å². The summed E-state index contributed by atoms with van der Waals surface area (Å²) in [5, 5.41) is 4.24. The molecule has 1 aromatic heterocycles. The monoisotopic (exact) mass is 389 g/mol.